The molecule has 1 aromatic carbocycles. The Hall–Kier alpha value is -3.54. The van der Waals surface area contributed by atoms with Crippen molar-refractivity contribution in [2.75, 3.05) is 11.4 Å². The molecule has 0 saturated carbocycles. The van der Waals surface area contributed by atoms with E-state index in [4.69, 9.17) is 0 Å². The minimum Gasteiger partial charge on any atom is -0.348 e. The molecule has 0 aliphatic rings. The standard InChI is InChI=1S/C24H26N4O2/c1-3-14-28(23(29)4-2)21-10-7-19(8-11-21)22-12-9-20(17-26-22)24(30)27-16-18-6-5-13-25-15-18/h5-13,15,17H,3-4,14,16H2,1-2H3,(H,27,30). The van der Waals surface area contributed by atoms with Gasteiger partial charge in [0.25, 0.3) is 5.91 Å². The van der Waals surface area contributed by atoms with Crippen LogP contribution in [0.25, 0.3) is 11.3 Å². The summed E-state index contributed by atoms with van der Waals surface area (Å²) in [6.45, 7) is 5.05. The van der Waals surface area contributed by atoms with Crippen LogP contribution in [0, 0.1) is 0 Å². The fourth-order valence-electron chi connectivity index (χ4n) is 3.11. The summed E-state index contributed by atoms with van der Waals surface area (Å²) in [6, 6.07) is 15.1. The van der Waals surface area contributed by atoms with E-state index in [-0.39, 0.29) is 11.8 Å². The number of rotatable bonds is 8. The van der Waals surface area contributed by atoms with E-state index in [1.807, 2.05) is 54.3 Å². The number of nitrogens with one attached hydrogen (secondary N) is 1. The molecule has 6 nitrogen and oxygen atoms in total. The Balaban J connectivity index is 1.66. The van der Waals surface area contributed by atoms with Crippen LogP contribution in [0.4, 0.5) is 5.69 Å². The topological polar surface area (TPSA) is 75.2 Å². The number of anilines is 1. The molecule has 0 fully saturated rings. The van der Waals surface area contributed by atoms with Crippen LogP contribution in [-0.4, -0.2) is 28.3 Å². The first-order valence-corrected chi connectivity index (χ1v) is 10.2. The molecule has 3 aromatic rings. The van der Waals surface area contributed by atoms with Crippen molar-refractivity contribution < 1.29 is 9.59 Å². The summed E-state index contributed by atoms with van der Waals surface area (Å²) in [6.07, 6.45) is 6.38. The molecule has 0 bridgehead atoms. The van der Waals surface area contributed by atoms with Crippen LogP contribution < -0.4 is 10.2 Å². The van der Waals surface area contributed by atoms with Crippen molar-refractivity contribution in [1.82, 2.24) is 15.3 Å². The predicted molar refractivity (Wildman–Crippen MR) is 118 cm³/mol. The molecule has 2 aromatic heterocycles. The second-order valence-electron chi connectivity index (χ2n) is 6.92. The first-order chi connectivity index (χ1) is 14.6. The van der Waals surface area contributed by atoms with Crippen molar-refractivity contribution in [3.05, 3.63) is 78.2 Å². The molecule has 6 heteroatoms. The molecular formula is C24H26N4O2. The maximum absolute atomic E-state index is 12.3. The summed E-state index contributed by atoms with van der Waals surface area (Å²) in [5.41, 5.74) is 4.03. The third-order valence-electron chi connectivity index (χ3n) is 4.73. The highest BCUT2D eigenvalue weighted by Gasteiger charge is 2.13. The second-order valence-corrected chi connectivity index (χ2v) is 6.92. The van der Waals surface area contributed by atoms with Crippen molar-refractivity contribution in [3.8, 4) is 11.3 Å². The van der Waals surface area contributed by atoms with E-state index in [0.29, 0.717) is 25.1 Å². The van der Waals surface area contributed by atoms with Gasteiger partial charge in [-0.2, -0.15) is 0 Å². The number of benzene rings is 1. The monoisotopic (exact) mass is 402 g/mol. The number of nitrogens with zero attached hydrogens (tertiary/aromatic N) is 3. The molecule has 0 atom stereocenters. The van der Waals surface area contributed by atoms with E-state index in [1.54, 1.807) is 24.7 Å². The van der Waals surface area contributed by atoms with Gasteiger partial charge < -0.3 is 10.2 Å². The molecule has 0 unspecified atom stereocenters. The number of hydrogen-bond donors (Lipinski definition) is 1. The lowest BCUT2D eigenvalue weighted by Gasteiger charge is -2.22. The SMILES string of the molecule is CCCN(C(=O)CC)c1ccc(-c2ccc(C(=O)NCc3cccnc3)cn2)cc1. The Morgan fingerprint density at radius 1 is 1.00 bits per heavy atom. The average molecular weight is 402 g/mol. The highest BCUT2D eigenvalue weighted by atomic mass is 16.2. The van der Waals surface area contributed by atoms with Crippen molar-refractivity contribution in [2.24, 2.45) is 0 Å². The van der Waals surface area contributed by atoms with Gasteiger partial charge in [0.2, 0.25) is 5.91 Å². The van der Waals surface area contributed by atoms with E-state index in [9.17, 15) is 9.59 Å². The zero-order chi connectivity index (χ0) is 21.3. The third-order valence-corrected chi connectivity index (χ3v) is 4.73. The van der Waals surface area contributed by atoms with Crippen molar-refractivity contribution in [2.45, 2.75) is 33.2 Å². The summed E-state index contributed by atoms with van der Waals surface area (Å²) >= 11 is 0. The summed E-state index contributed by atoms with van der Waals surface area (Å²) in [4.78, 5) is 34.8. The summed E-state index contributed by atoms with van der Waals surface area (Å²) in [7, 11) is 0. The summed E-state index contributed by atoms with van der Waals surface area (Å²) < 4.78 is 0. The maximum Gasteiger partial charge on any atom is 0.253 e. The lowest BCUT2D eigenvalue weighted by Crippen LogP contribution is -2.30. The van der Waals surface area contributed by atoms with Gasteiger partial charge in [-0.05, 0) is 42.3 Å². The number of pyridine rings is 2. The van der Waals surface area contributed by atoms with Gasteiger partial charge in [-0.3, -0.25) is 19.6 Å². The largest absolute Gasteiger partial charge is 0.348 e. The minimum atomic E-state index is -0.179. The van der Waals surface area contributed by atoms with E-state index in [2.05, 4.69) is 22.2 Å². The Morgan fingerprint density at radius 3 is 2.40 bits per heavy atom. The molecule has 3 rings (SSSR count). The highest BCUT2D eigenvalue weighted by Crippen LogP contribution is 2.23. The van der Waals surface area contributed by atoms with Crippen molar-refractivity contribution in [3.63, 3.8) is 0 Å². The third kappa shape index (κ3) is 5.29. The number of aromatic nitrogens is 2. The van der Waals surface area contributed by atoms with Gasteiger partial charge >= 0.3 is 0 Å². The molecule has 0 radical (unpaired) electrons. The van der Waals surface area contributed by atoms with Gasteiger partial charge in [-0.1, -0.05) is 32.0 Å². The van der Waals surface area contributed by atoms with Crippen LogP contribution in [0.3, 0.4) is 0 Å². The van der Waals surface area contributed by atoms with Crippen molar-refractivity contribution >= 4 is 17.5 Å². The zero-order valence-corrected chi connectivity index (χ0v) is 17.3. The van der Waals surface area contributed by atoms with Crippen LogP contribution >= 0.6 is 0 Å². The molecule has 2 heterocycles. The Labute approximate surface area is 177 Å². The quantitative estimate of drug-likeness (QED) is 0.612. The fraction of sp³-hybridized carbons (Fsp3) is 0.250. The number of hydrogen-bond acceptors (Lipinski definition) is 4. The molecule has 154 valence electrons. The van der Waals surface area contributed by atoms with E-state index < -0.39 is 0 Å². The molecule has 0 spiro atoms. The van der Waals surface area contributed by atoms with Crippen LogP contribution in [0.15, 0.2) is 67.1 Å². The molecule has 1 N–H and O–H groups in total. The van der Waals surface area contributed by atoms with Gasteiger partial charge in [0.05, 0.1) is 11.3 Å². The second kappa shape index (κ2) is 10.3. The molecule has 0 aliphatic carbocycles. The van der Waals surface area contributed by atoms with Gasteiger partial charge in [0, 0.05) is 49.4 Å². The van der Waals surface area contributed by atoms with E-state index in [1.165, 1.54) is 0 Å². The average Bonchev–Trinajstić information content (AvgIpc) is 2.81. The van der Waals surface area contributed by atoms with Crippen molar-refractivity contribution in [1.29, 1.82) is 0 Å². The zero-order valence-electron chi connectivity index (χ0n) is 17.3. The normalized spacial score (nSPS) is 10.5. The molecule has 0 aliphatic heterocycles. The lowest BCUT2D eigenvalue weighted by atomic mass is 10.1. The summed E-state index contributed by atoms with van der Waals surface area (Å²) in [5, 5.41) is 2.87. The van der Waals surface area contributed by atoms with Crippen LogP contribution in [-0.2, 0) is 11.3 Å². The molecule has 30 heavy (non-hydrogen) atoms. The Bertz CT molecular complexity index is 970. The smallest absolute Gasteiger partial charge is 0.253 e. The van der Waals surface area contributed by atoms with E-state index in [0.717, 1.165) is 28.9 Å². The minimum absolute atomic E-state index is 0.115. The first kappa shape index (κ1) is 21.2. The Kier molecular flexibility index (Phi) is 7.27. The van der Waals surface area contributed by atoms with Gasteiger partial charge in [-0.15, -0.1) is 0 Å². The molecule has 2 amide bonds. The predicted octanol–water partition coefficient (Wildman–Crippen LogP) is 4.23. The van der Waals surface area contributed by atoms with Gasteiger partial charge in [0.15, 0.2) is 0 Å². The van der Waals surface area contributed by atoms with Gasteiger partial charge in [0.1, 0.15) is 0 Å². The molecular weight excluding hydrogens is 376 g/mol. The Morgan fingerprint density at radius 2 is 1.80 bits per heavy atom. The van der Waals surface area contributed by atoms with Crippen LogP contribution in [0.5, 0.6) is 0 Å². The summed E-state index contributed by atoms with van der Waals surface area (Å²) in [5.74, 6) is -0.0640. The fourth-order valence-corrected chi connectivity index (χ4v) is 3.11. The number of amides is 2. The van der Waals surface area contributed by atoms with Crippen LogP contribution in [0.1, 0.15) is 42.6 Å². The highest BCUT2D eigenvalue weighted by molar-refractivity contribution is 5.94. The lowest BCUT2D eigenvalue weighted by molar-refractivity contribution is -0.118. The number of carbonyl (C=O) groups excluding carboxylic acids is 2. The van der Waals surface area contributed by atoms with E-state index >= 15 is 0 Å². The molecule has 0 saturated heterocycles. The first-order valence-electron chi connectivity index (χ1n) is 10.2. The maximum atomic E-state index is 12.3. The van der Waals surface area contributed by atoms with Gasteiger partial charge in [-0.25, -0.2) is 0 Å². The number of carbonyl (C=O) groups is 2. The van der Waals surface area contributed by atoms with Crippen LogP contribution in [0.2, 0.25) is 0 Å².